The van der Waals surface area contributed by atoms with Crippen LogP contribution in [0.2, 0.25) is 0 Å². The van der Waals surface area contributed by atoms with Gasteiger partial charge in [0.1, 0.15) is 28.4 Å². The maximum atomic E-state index is 13.2. The van der Waals surface area contributed by atoms with Crippen LogP contribution in [0.5, 0.6) is 5.75 Å². The van der Waals surface area contributed by atoms with Gasteiger partial charge in [-0.25, -0.2) is 9.37 Å². The van der Waals surface area contributed by atoms with Gasteiger partial charge in [-0.2, -0.15) is 0 Å². The zero-order valence-corrected chi connectivity index (χ0v) is 16.8. The minimum Gasteiger partial charge on any atom is -0.494 e. The fraction of sp³-hybridized carbons (Fsp3) is 0.273. The Morgan fingerprint density at radius 2 is 2.00 bits per heavy atom. The lowest BCUT2D eigenvalue weighted by atomic mass is 10.1. The number of morpholine rings is 1. The molecule has 0 spiro atoms. The molecule has 5 nitrogen and oxygen atoms in total. The largest absolute Gasteiger partial charge is 0.494 e. The SMILES string of the molecule is CCOc1ccc(-c2nc(C(=O)N3CCO[C@H](c4ccc(F)cc4)C3)cs2)cc1. The molecule has 0 unspecified atom stereocenters. The molecule has 29 heavy (non-hydrogen) atoms. The summed E-state index contributed by atoms with van der Waals surface area (Å²) in [6.45, 7) is 3.92. The molecule has 1 aromatic heterocycles. The second-order valence-corrected chi connectivity index (χ2v) is 7.52. The Balaban J connectivity index is 1.46. The predicted molar refractivity (Wildman–Crippen MR) is 110 cm³/mol. The summed E-state index contributed by atoms with van der Waals surface area (Å²) in [6, 6.07) is 13.9. The molecule has 150 valence electrons. The summed E-state index contributed by atoms with van der Waals surface area (Å²) < 4.78 is 24.4. The van der Waals surface area contributed by atoms with Crippen LogP contribution in [0.4, 0.5) is 4.39 Å². The molecule has 0 aliphatic carbocycles. The van der Waals surface area contributed by atoms with Crippen LogP contribution in [-0.2, 0) is 4.74 Å². The van der Waals surface area contributed by atoms with Gasteiger partial charge in [0.2, 0.25) is 0 Å². The summed E-state index contributed by atoms with van der Waals surface area (Å²) in [5, 5.41) is 2.58. The number of thiazole rings is 1. The zero-order chi connectivity index (χ0) is 20.2. The van der Waals surface area contributed by atoms with E-state index in [0.717, 1.165) is 21.9 Å². The van der Waals surface area contributed by atoms with Gasteiger partial charge in [-0.15, -0.1) is 11.3 Å². The highest BCUT2D eigenvalue weighted by Crippen LogP contribution is 2.28. The lowest BCUT2D eigenvalue weighted by Gasteiger charge is -2.32. The van der Waals surface area contributed by atoms with E-state index in [9.17, 15) is 9.18 Å². The molecule has 3 aromatic rings. The average molecular weight is 412 g/mol. The third-order valence-corrected chi connectivity index (χ3v) is 5.62. The van der Waals surface area contributed by atoms with Crippen LogP contribution in [0.1, 0.15) is 29.1 Å². The summed E-state index contributed by atoms with van der Waals surface area (Å²) >= 11 is 1.44. The first-order valence-electron chi connectivity index (χ1n) is 9.49. The molecule has 0 saturated carbocycles. The first-order valence-corrected chi connectivity index (χ1v) is 10.4. The summed E-state index contributed by atoms with van der Waals surface area (Å²) in [4.78, 5) is 19.2. The summed E-state index contributed by atoms with van der Waals surface area (Å²) in [6.07, 6.45) is -0.266. The Labute approximate surface area is 172 Å². The number of carbonyl (C=O) groups excluding carboxylic acids is 1. The van der Waals surface area contributed by atoms with E-state index in [1.54, 1.807) is 22.4 Å². The number of hydrogen-bond donors (Lipinski definition) is 0. The van der Waals surface area contributed by atoms with Crippen molar-refractivity contribution in [2.45, 2.75) is 13.0 Å². The van der Waals surface area contributed by atoms with Crippen molar-refractivity contribution in [1.82, 2.24) is 9.88 Å². The van der Waals surface area contributed by atoms with E-state index >= 15 is 0 Å². The van der Waals surface area contributed by atoms with Crippen molar-refractivity contribution in [2.24, 2.45) is 0 Å². The minimum absolute atomic E-state index is 0.117. The van der Waals surface area contributed by atoms with Gasteiger partial charge in [-0.3, -0.25) is 4.79 Å². The van der Waals surface area contributed by atoms with Crippen LogP contribution >= 0.6 is 11.3 Å². The van der Waals surface area contributed by atoms with E-state index in [-0.39, 0.29) is 17.8 Å². The van der Waals surface area contributed by atoms with Gasteiger partial charge in [0.05, 0.1) is 19.8 Å². The molecule has 0 N–H and O–H groups in total. The van der Waals surface area contributed by atoms with Gasteiger partial charge >= 0.3 is 0 Å². The van der Waals surface area contributed by atoms with Crippen molar-refractivity contribution in [2.75, 3.05) is 26.3 Å². The molecule has 1 atom stereocenters. The fourth-order valence-electron chi connectivity index (χ4n) is 3.24. The van der Waals surface area contributed by atoms with Gasteiger partial charge in [0, 0.05) is 17.5 Å². The van der Waals surface area contributed by atoms with Crippen LogP contribution in [0.25, 0.3) is 10.6 Å². The fourth-order valence-corrected chi connectivity index (χ4v) is 4.04. The zero-order valence-electron chi connectivity index (χ0n) is 16.0. The number of nitrogens with zero attached hydrogens (tertiary/aromatic N) is 2. The minimum atomic E-state index is -0.290. The normalized spacial score (nSPS) is 16.6. The Morgan fingerprint density at radius 3 is 2.72 bits per heavy atom. The van der Waals surface area contributed by atoms with Crippen molar-refractivity contribution >= 4 is 17.2 Å². The number of rotatable bonds is 5. The van der Waals surface area contributed by atoms with Crippen LogP contribution in [0.15, 0.2) is 53.9 Å². The first kappa shape index (κ1) is 19.5. The number of hydrogen-bond acceptors (Lipinski definition) is 5. The van der Waals surface area contributed by atoms with Gasteiger partial charge in [0.15, 0.2) is 0 Å². The summed E-state index contributed by atoms with van der Waals surface area (Å²) in [5.74, 6) is 0.403. The smallest absolute Gasteiger partial charge is 0.273 e. The van der Waals surface area contributed by atoms with Crippen LogP contribution in [-0.4, -0.2) is 42.1 Å². The highest BCUT2D eigenvalue weighted by molar-refractivity contribution is 7.13. The number of halogens is 1. The van der Waals surface area contributed by atoms with E-state index in [1.165, 1.54) is 23.5 Å². The lowest BCUT2D eigenvalue weighted by molar-refractivity contribution is -0.0230. The van der Waals surface area contributed by atoms with E-state index in [0.29, 0.717) is 32.0 Å². The van der Waals surface area contributed by atoms with Gasteiger partial charge in [-0.1, -0.05) is 12.1 Å². The second kappa shape index (κ2) is 8.71. The molecule has 1 amide bonds. The summed E-state index contributed by atoms with van der Waals surface area (Å²) in [7, 11) is 0. The van der Waals surface area contributed by atoms with Gasteiger partial charge < -0.3 is 14.4 Å². The number of ether oxygens (including phenoxy) is 2. The molecule has 1 fully saturated rings. The molecule has 2 heterocycles. The highest BCUT2D eigenvalue weighted by Gasteiger charge is 2.27. The topological polar surface area (TPSA) is 51.7 Å². The number of carbonyl (C=O) groups is 1. The Morgan fingerprint density at radius 1 is 1.24 bits per heavy atom. The van der Waals surface area contributed by atoms with Crippen LogP contribution in [0.3, 0.4) is 0 Å². The van der Waals surface area contributed by atoms with Crippen molar-refractivity contribution < 1.29 is 18.7 Å². The molecule has 1 aliphatic heterocycles. The Hall–Kier alpha value is -2.77. The van der Waals surface area contributed by atoms with Crippen molar-refractivity contribution in [3.63, 3.8) is 0 Å². The van der Waals surface area contributed by atoms with E-state index in [4.69, 9.17) is 9.47 Å². The first-order chi connectivity index (χ1) is 14.1. The molecule has 1 aliphatic rings. The number of benzene rings is 2. The predicted octanol–water partition coefficient (Wildman–Crippen LogP) is 4.56. The van der Waals surface area contributed by atoms with E-state index < -0.39 is 0 Å². The molecule has 0 radical (unpaired) electrons. The second-order valence-electron chi connectivity index (χ2n) is 6.66. The average Bonchev–Trinajstić information content (AvgIpc) is 3.25. The maximum Gasteiger partial charge on any atom is 0.273 e. The third-order valence-electron chi connectivity index (χ3n) is 4.73. The van der Waals surface area contributed by atoms with Crippen molar-refractivity contribution in [3.05, 3.63) is 71.0 Å². The van der Waals surface area contributed by atoms with E-state index in [1.807, 2.05) is 31.2 Å². The lowest BCUT2D eigenvalue weighted by Crippen LogP contribution is -2.42. The quantitative estimate of drug-likeness (QED) is 0.616. The number of amides is 1. The molecular weight excluding hydrogens is 391 g/mol. The van der Waals surface area contributed by atoms with Gasteiger partial charge in [0.25, 0.3) is 5.91 Å². The Bertz CT molecular complexity index is 972. The van der Waals surface area contributed by atoms with Crippen LogP contribution < -0.4 is 4.74 Å². The standard InChI is InChI=1S/C22H21FN2O3S/c1-2-27-18-9-5-16(6-10-18)21-24-19(14-29-21)22(26)25-11-12-28-20(13-25)15-3-7-17(23)8-4-15/h3-10,14,20H,2,11-13H2,1H3/t20-/m0/s1. The Kier molecular flexibility index (Phi) is 5.87. The summed E-state index contributed by atoms with van der Waals surface area (Å²) in [5.41, 5.74) is 2.24. The van der Waals surface area contributed by atoms with Gasteiger partial charge in [-0.05, 0) is 48.9 Å². The maximum absolute atomic E-state index is 13.2. The molecule has 1 saturated heterocycles. The molecule has 0 bridgehead atoms. The molecular formula is C22H21FN2O3S. The molecule has 2 aromatic carbocycles. The third kappa shape index (κ3) is 4.46. The van der Waals surface area contributed by atoms with E-state index in [2.05, 4.69) is 4.98 Å². The highest BCUT2D eigenvalue weighted by atomic mass is 32.1. The molecule has 4 rings (SSSR count). The van der Waals surface area contributed by atoms with Crippen LogP contribution in [0, 0.1) is 5.82 Å². The molecule has 7 heteroatoms. The monoisotopic (exact) mass is 412 g/mol. The number of aromatic nitrogens is 1. The van der Waals surface area contributed by atoms with Crippen molar-refractivity contribution in [3.8, 4) is 16.3 Å². The van der Waals surface area contributed by atoms with Crippen molar-refractivity contribution in [1.29, 1.82) is 0 Å².